The number of rotatable bonds is 8. The molecule has 0 aliphatic heterocycles. The number of nitrogens with zero attached hydrogens (tertiary/aromatic N) is 2. The molecule has 0 amide bonds. The molecule has 0 radical (unpaired) electrons. The highest BCUT2D eigenvalue weighted by Gasteiger charge is 2.44. The molecule has 3 atom stereocenters. The van der Waals surface area contributed by atoms with Gasteiger partial charge in [0.25, 0.3) is 0 Å². The minimum atomic E-state index is -0.0815. The Kier molecular flexibility index (Phi) is 9.12. The summed E-state index contributed by atoms with van der Waals surface area (Å²) in [6.07, 6.45) is 29.0. The van der Waals surface area contributed by atoms with Gasteiger partial charge in [0.1, 0.15) is 0 Å². The van der Waals surface area contributed by atoms with Gasteiger partial charge in [0.2, 0.25) is 0 Å². The number of hydrogen-bond acceptors (Lipinski definition) is 2. The standard InChI is InChI=1S/C56H54N2/c1-55(2)51-35-39(27-31-47(51)49-33-29-45(37-53(49)55)57(41-17-9-5-10-18-41)42-19-11-6-12-20-42)25-26-40-28-32-48-50-34-30-46(38-54(50)56(3,4)52(48)36-40)58(43-21-13-7-14-22-43)44-23-15-8-16-24-44/h5-15,17-21,25-34,36-38,43-44,51H,16,22-24,35H2,1-4H3/b26-25+. The Morgan fingerprint density at radius 2 is 1.28 bits per heavy atom. The summed E-state index contributed by atoms with van der Waals surface area (Å²) in [5.41, 5.74) is 17.4. The summed E-state index contributed by atoms with van der Waals surface area (Å²) in [5.74, 6) is 0.427. The molecule has 0 spiro atoms. The molecule has 5 aromatic rings. The van der Waals surface area contributed by atoms with Crippen LogP contribution in [0, 0.1) is 5.92 Å². The zero-order chi connectivity index (χ0) is 39.4. The molecule has 3 unspecified atom stereocenters. The third-order valence-electron chi connectivity index (χ3n) is 13.9. The van der Waals surface area contributed by atoms with Crippen molar-refractivity contribution in [1.82, 2.24) is 0 Å². The van der Waals surface area contributed by atoms with E-state index in [4.69, 9.17) is 0 Å². The molecule has 2 nitrogen and oxygen atoms in total. The molecule has 5 aliphatic rings. The molecule has 0 saturated carbocycles. The SMILES string of the molecule is CC1(C)c2cc(/C=C/C3=CC=C4c5ccc(N(c6ccccc6)c6ccccc6)cc5C(C)(C)C4C3)ccc2-c2ccc(N(C3C=CC=CC3)C3CC=CCC3)cc21. The van der Waals surface area contributed by atoms with Crippen LogP contribution in [-0.2, 0) is 10.8 Å². The Morgan fingerprint density at radius 3 is 1.98 bits per heavy atom. The molecule has 2 heteroatoms. The van der Waals surface area contributed by atoms with Gasteiger partial charge in [-0.1, -0.05) is 155 Å². The van der Waals surface area contributed by atoms with E-state index in [1.54, 1.807) is 0 Å². The summed E-state index contributed by atoms with van der Waals surface area (Å²) >= 11 is 0. The fraction of sp³-hybridized carbons (Fsp3) is 0.250. The Balaban J connectivity index is 0.908. The molecular formula is C56H54N2. The van der Waals surface area contributed by atoms with Crippen LogP contribution >= 0.6 is 0 Å². The van der Waals surface area contributed by atoms with E-state index >= 15 is 0 Å². The Hall–Kier alpha value is -5.86. The Bertz CT molecular complexity index is 2520. The van der Waals surface area contributed by atoms with Gasteiger partial charge >= 0.3 is 0 Å². The third kappa shape index (κ3) is 6.25. The van der Waals surface area contributed by atoms with Crippen molar-refractivity contribution in [1.29, 1.82) is 0 Å². The maximum absolute atomic E-state index is 2.72. The largest absolute Gasteiger partial charge is 0.361 e. The van der Waals surface area contributed by atoms with E-state index < -0.39 is 0 Å². The first-order valence-corrected chi connectivity index (χ1v) is 21.5. The predicted octanol–water partition coefficient (Wildman–Crippen LogP) is 14.6. The molecular weight excluding hydrogens is 701 g/mol. The lowest BCUT2D eigenvalue weighted by atomic mass is 9.73. The summed E-state index contributed by atoms with van der Waals surface area (Å²) in [4.78, 5) is 5.10. The van der Waals surface area contributed by atoms with Crippen molar-refractivity contribution < 1.29 is 0 Å². The second kappa shape index (κ2) is 14.5. The Labute approximate surface area is 346 Å². The molecule has 5 aromatic carbocycles. The molecule has 0 saturated heterocycles. The van der Waals surface area contributed by atoms with E-state index in [1.807, 2.05) is 0 Å². The second-order valence-corrected chi connectivity index (χ2v) is 18.0. The van der Waals surface area contributed by atoms with Crippen LogP contribution in [-0.4, -0.2) is 12.1 Å². The molecule has 0 bridgehead atoms. The number of allylic oxidation sites excluding steroid dienone is 8. The fourth-order valence-electron chi connectivity index (χ4n) is 10.7. The van der Waals surface area contributed by atoms with Crippen molar-refractivity contribution in [2.45, 2.75) is 82.7 Å². The lowest BCUT2D eigenvalue weighted by molar-refractivity contribution is 0.410. The van der Waals surface area contributed by atoms with Crippen LogP contribution in [0.25, 0.3) is 22.8 Å². The summed E-state index contributed by atoms with van der Waals surface area (Å²) in [7, 11) is 0. The highest BCUT2D eigenvalue weighted by atomic mass is 15.2. The van der Waals surface area contributed by atoms with Crippen LogP contribution in [0.2, 0.25) is 0 Å². The van der Waals surface area contributed by atoms with Gasteiger partial charge in [-0.15, -0.1) is 0 Å². The van der Waals surface area contributed by atoms with Gasteiger partial charge in [-0.2, -0.15) is 0 Å². The zero-order valence-electron chi connectivity index (χ0n) is 34.4. The van der Waals surface area contributed by atoms with Crippen LogP contribution in [0.5, 0.6) is 0 Å². The van der Waals surface area contributed by atoms with Gasteiger partial charge in [-0.25, -0.2) is 0 Å². The van der Waals surface area contributed by atoms with Gasteiger partial charge in [0.05, 0.1) is 6.04 Å². The van der Waals surface area contributed by atoms with E-state index in [9.17, 15) is 0 Å². The van der Waals surface area contributed by atoms with Crippen LogP contribution < -0.4 is 9.80 Å². The van der Waals surface area contributed by atoms with Gasteiger partial charge in [0.15, 0.2) is 0 Å². The number of para-hydroxylation sites is 2. The van der Waals surface area contributed by atoms with Crippen LogP contribution in [0.1, 0.15) is 87.6 Å². The van der Waals surface area contributed by atoms with Crippen molar-refractivity contribution >= 4 is 34.4 Å². The maximum atomic E-state index is 2.72. The summed E-state index contributed by atoms with van der Waals surface area (Å²) in [6, 6.07) is 44.0. The summed E-state index contributed by atoms with van der Waals surface area (Å²) < 4.78 is 0. The van der Waals surface area contributed by atoms with E-state index in [-0.39, 0.29) is 10.8 Å². The average molecular weight is 755 g/mol. The quantitative estimate of drug-likeness (QED) is 0.146. The Morgan fingerprint density at radius 1 is 0.586 bits per heavy atom. The van der Waals surface area contributed by atoms with Crippen molar-refractivity contribution in [3.05, 3.63) is 203 Å². The van der Waals surface area contributed by atoms with Crippen molar-refractivity contribution in [3.63, 3.8) is 0 Å². The smallest absolute Gasteiger partial charge is 0.0513 e. The van der Waals surface area contributed by atoms with Crippen molar-refractivity contribution in [2.24, 2.45) is 5.92 Å². The first-order valence-electron chi connectivity index (χ1n) is 21.5. The van der Waals surface area contributed by atoms with Crippen LogP contribution in [0.3, 0.4) is 0 Å². The molecule has 58 heavy (non-hydrogen) atoms. The first-order chi connectivity index (χ1) is 28.3. The zero-order valence-corrected chi connectivity index (χ0v) is 34.4. The minimum absolute atomic E-state index is 0.000958. The van der Waals surface area contributed by atoms with Crippen LogP contribution in [0.4, 0.5) is 22.7 Å². The van der Waals surface area contributed by atoms with E-state index in [0.717, 1.165) is 25.7 Å². The predicted molar refractivity (Wildman–Crippen MR) is 247 cm³/mol. The van der Waals surface area contributed by atoms with Crippen molar-refractivity contribution in [3.8, 4) is 11.1 Å². The third-order valence-corrected chi connectivity index (χ3v) is 13.9. The maximum Gasteiger partial charge on any atom is 0.0513 e. The van der Waals surface area contributed by atoms with E-state index in [1.165, 1.54) is 79.3 Å². The topological polar surface area (TPSA) is 6.48 Å². The lowest BCUT2D eigenvalue weighted by Gasteiger charge is -2.40. The molecule has 0 heterocycles. The molecule has 0 fully saturated rings. The van der Waals surface area contributed by atoms with E-state index in [0.29, 0.717) is 18.0 Å². The summed E-state index contributed by atoms with van der Waals surface area (Å²) in [5, 5.41) is 0. The van der Waals surface area contributed by atoms with Gasteiger partial charge in [-0.3, -0.25) is 0 Å². The van der Waals surface area contributed by atoms with Crippen molar-refractivity contribution in [2.75, 3.05) is 9.80 Å². The molecule has 288 valence electrons. The summed E-state index contributed by atoms with van der Waals surface area (Å²) in [6.45, 7) is 9.74. The van der Waals surface area contributed by atoms with Crippen LogP contribution in [0.15, 0.2) is 176 Å². The number of benzene rings is 5. The normalized spacial score (nSPS) is 21.8. The molecule has 0 N–H and O–H groups in total. The van der Waals surface area contributed by atoms with E-state index in [2.05, 4.69) is 214 Å². The first kappa shape index (κ1) is 36.5. The molecule has 0 aromatic heterocycles. The number of anilines is 4. The average Bonchev–Trinajstić information content (AvgIpc) is 3.63. The second-order valence-electron chi connectivity index (χ2n) is 18.0. The highest BCUT2D eigenvalue weighted by molar-refractivity contribution is 5.86. The fourth-order valence-corrected chi connectivity index (χ4v) is 10.7. The lowest BCUT2D eigenvalue weighted by Crippen LogP contribution is -2.43. The highest BCUT2D eigenvalue weighted by Crippen LogP contribution is 2.55. The number of fused-ring (bicyclic) bond motifs is 6. The van der Waals surface area contributed by atoms with Gasteiger partial charge in [-0.05, 0) is 142 Å². The number of hydrogen-bond donors (Lipinski definition) is 0. The van der Waals surface area contributed by atoms with Gasteiger partial charge < -0.3 is 9.80 Å². The molecule has 10 rings (SSSR count). The molecule has 5 aliphatic carbocycles. The monoisotopic (exact) mass is 754 g/mol. The van der Waals surface area contributed by atoms with Gasteiger partial charge in [0, 0.05) is 34.2 Å². The minimum Gasteiger partial charge on any atom is -0.361 e.